The van der Waals surface area contributed by atoms with E-state index in [9.17, 15) is 5.11 Å². The van der Waals surface area contributed by atoms with Crippen molar-refractivity contribution < 1.29 is 9.84 Å². The Morgan fingerprint density at radius 1 is 1.13 bits per heavy atom. The van der Waals surface area contributed by atoms with Gasteiger partial charge in [-0.2, -0.15) is 0 Å². The summed E-state index contributed by atoms with van der Waals surface area (Å²) in [6.07, 6.45) is 3.67. The van der Waals surface area contributed by atoms with Gasteiger partial charge in [-0.3, -0.25) is 0 Å². The van der Waals surface area contributed by atoms with Crippen LogP contribution in [0.25, 0.3) is 0 Å². The zero-order valence-corrected chi connectivity index (χ0v) is 9.78. The van der Waals surface area contributed by atoms with Gasteiger partial charge in [0, 0.05) is 13.1 Å². The lowest BCUT2D eigenvalue weighted by atomic mass is 9.80. The van der Waals surface area contributed by atoms with Gasteiger partial charge in [0.05, 0.1) is 18.3 Å². The molecule has 3 nitrogen and oxygen atoms in total. The van der Waals surface area contributed by atoms with Crippen molar-refractivity contribution in [1.29, 1.82) is 0 Å². The van der Waals surface area contributed by atoms with Crippen LogP contribution >= 0.6 is 0 Å². The summed E-state index contributed by atoms with van der Waals surface area (Å²) in [6, 6.07) is 0. The second kappa shape index (κ2) is 4.81. The minimum Gasteiger partial charge on any atom is -0.389 e. The van der Waals surface area contributed by atoms with Gasteiger partial charge < -0.3 is 15.2 Å². The molecule has 0 amide bonds. The molecular formula is C12H23NO2. The van der Waals surface area contributed by atoms with Crippen molar-refractivity contribution in [3.05, 3.63) is 0 Å². The molecule has 0 aromatic heterocycles. The van der Waals surface area contributed by atoms with E-state index < -0.39 is 0 Å². The highest BCUT2D eigenvalue weighted by Gasteiger charge is 2.31. The molecule has 0 spiro atoms. The van der Waals surface area contributed by atoms with Gasteiger partial charge in [0.15, 0.2) is 0 Å². The normalized spacial score (nSPS) is 47.0. The summed E-state index contributed by atoms with van der Waals surface area (Å²) < 4.78 is 5.97. The molecule has 0 aromatic carbocycles. The number of hydrogen-bond acceptors (Lipinski definition) is 3. The molecule has 5 atom stereocenters. The summed E-state index contributed by atoms with van der Waals surface area (Å²) >= 11 is 0. The Hall–Kier alpha value is -0.120. The first kappa shape index (κ1) is 11.4. The van der Waals surface area contributed by atoms with Crippen molar-refractivity contribution in [3.63, 3.8) is 0 Å². The van der Waals surface area contributed by atoms with Crippen LogP contribution in [0.4, 0.5) is 0 Å². The van der Waals surface area contributed by atoms with Gasteiger partial charge in [0.25, 0.3) is 0 Å². The number of aliphatic hydroxyl groups is 1. The highest BCUT2D eigenvalue weighted by atomic mass is 16.5. The monoisotopic (exact) mass is 213 g/mol. The fraction of sp³-hybridized carbons (Fsp3) is 1.00. The summed E-state index contributed by atoms with van der Waals surface area (Å²) in [5.41, 5.74) is 0. The maximum Gasteiger partial charge on any atom is 0.0974 e. The van der Waals surface area contributed by atoms with Gasteiger partial charge in [0.1, 0.15) is 0 Å². The zero-order chi connectivity index (χ0) is 10.8. The number of nitrogens with one attached hydrogen (secondary N) is 1. The summed E-state index contributed by atoms with van der Waals surface area (Å²) in [4.78, 5) is 0. The number of ether oxygens (including phenoxy) is 1. The predicted molar refractivity (Wildman–Crippen MR) is 59.7 cm³/mol. The number of β-amino-alcohol motifs (C(OH)–C–C–N with tert-alkyl or cyclic N) is 1. The van der Waals surface area contributed by atoms with E-state index in [1.165, 1.54) is 6.42 Å². The first-order valence-electron chi connectivity index (χ1n) is 6.21. The Labute approximate surface area is 92.2 Å². The van der Waals surface area contributed by atoms with Crippen molar-refractivity contribution >= 4 is 0 Å². The van der Waals surface area contributed by atoms with E-state index in [4.69, 9.17) is 4.74 Å². The number of hydrogen-bond donors (Lipinski definition) is 2. The molecule has 15 heavy (non-hydrogen) atoms. The molecule has 2 fully saturated rings. The molecule has 1 saturated heterocycles. The molecule has 0 aromatic rings. The highest BCUT2D eigenvalue weighted by molar-refractivity contribution is 4.84. The van der Waals surface area contributed by atoms with E-state index >= 15 is 0 Å². The van der Waals surface area contributed by atoms with Crippen LogP contribution in [0.2, 0.25) is 0 Å². The number of rotatable bonds is 2. The molecule has 3 heteroatoms. The van der Waals surface area contributed by atoms with Gasteiger partial charge in [-0.05, 0) is 31.1 Å². The first-order chi connectivity index (χ1) is 7.16. The average Bonchev–Trinajstić information content (AvgIpc) is 2.59. The van der Waals surface area contributed by atoms with Gasteiger partial charge in [-0.1, -0.05) is 13.8 Å². The second-order valence-corrected chi connectivity index (χ2v) is 5.29. The topological polar surface area (TPSA) is 41.5 Å². The molecule has 0 bridgehead atoms. The van der Waals surface area contributed by atoms with Crippen LogP contribution in [0.15, 0.2) is 0 Å². The van der Waals surface area contributed by atoms with Crippen molar-refractivity contribution in [1.82, 2.24) is 5.32 Å². The first-order valence-corrected chi connectivity index (χ1v) is 6.21. The Morgan fingerprint density at radius 2 is 1.93 bits per heavy atom. The summed E-state index contributed by atoms with van der Waals surface area (Å²) in [6.45, 7) is 6.13. The second-order valence-electron chi connectivity index (χ2n) is 5.29. The number of aliphatic hydroxyl groups excluding tert-OH is 1. The maximum absolute atomic E-state index is 9.65. The van der Waals surface area contributed by atoms with E-state index in [-0.39, 0.29) is 12.2 Å². The molecule has 2 rings (SSSR count). The van der Waals surface area contributed by atoms with E-state index in [1.54, 1.807) is 0 Å². The van der Waals surface area contributed by atoms with Crippen LogP contribution in [0.3, 0.4) is 0 Å². The minimum atomic E-state index is -0.306. The fourth-order valence-electron chi connectivity index (χ4n) is 2.65. The maximum atomic E-state index is 9.65. The summed E-state index contributed by atoms with van der Waals surface area (Å²) in [5, 5.41) is 12.8. The van der Waals surface area contributed by atoms with E-state index in [0.29, 0.717) is 12.6 Å². The molecule has 2 N–H and O–H groups in total. The standard InChI is InChI=1S/C12H23NO2/c1-8-3-4-10(5-9(8)2)15-12-7-13-6-11(12)14/h8-14H,3-7H2,1-2H3. The Bertz CT molecular complexity index is 210. The van der Waals surface area contributed by atoms with Gasteiger partial charge in [-0.25, -0.2) is 0 Å². The van der Waals surface area contributed by atoms with Crippen LogP contribution in [-0.2, 0) is 4.74 Å². The Morgan fingerprint density at radius 3 is 2.53 bits per heavy atom. The zero-order valence-electron chi connectivity index (χ0n) is 9.78. The SMILES string of the molecule is CC1CCC(OC2CNCC2O)CC1C. The molecule has 1 aliphatic heterocycles. The quantitative estimate of drug-likeness (QED) is 0.723. The Balaban J connectivity index is 1.80. The molecule has 0 radical (unpaired) electrons. The Kier molecular flexibility index (Phi) is 3.65. The highest BCUT2D eigenvalue weighted by Crippen LogP contribution is 2.31. The average molecular weight is 213 g/mol. The van der Waals surface area contributed by atoms with E-state index in [0.717, 1.165) is 31.2 Å². The van der Waals surface area contributed by atoms with Crippen molar-refractivity contribution in [3.8, 4) is 0 Å². The summed E-state index contributed by atoms with van der Waals surface area (Å²) in [5.74, 6) is 1.59. The predicted octanol–water partition coefficient (Wildman–Crippen LogP) is 1.16. The lowest BCUT2D eigenvalue weighted by Gasteiger charge is -2.33. The third-order valence-corrected chi connectivity index (χ3v) is 4.05. The van der Waals surface area contributed by atoms with E-state index in [1.807, 2.05) is 0 Å². The van der Waals surface area contributed by atoms with Gasteiger partial charge in [-0.15, -0.1) is 0 Å². The van der Waals surface area contributed by atoms with Crippen LogP contribution in [0.5, 0.6) is 0 Å². The molecule has 5 unspecified atom stereocenters. The lowest BCUT2D eigenvalue weighted by molar-refractivity contribution is -0.0769. The van der Waals surface area contributed by atoms with Crippen LogP contribution in [0, 0.1) is 11.8 Å². The smallest absolute Gasteiger partial charge is 0.0974 e. The van der Waals surface area contributed by atoms with Crippen LogP contribution < -0.4 is 5.32 Å². The van der Waals surface area contributed by atoms with Crippen LogP contribution in [0.1, 0.15) is 33.1 Å². The van der Waals surface area contributed by atoms with E-state index in [2.05, 4.69) is 19.2 Å². The van der Waals surface area contributed by atoms with Gasteiger partial charge in [0.2, 0.25) is 0 Å². The molecular weight excluding hydrogens is 190 g/mol. The molecule has 88 valence electrons. The van der Waals surface area contributed by atoms with Crippen molar-refractivity contribution in [2.45, 2.75) is 51.4 Å². The molecule has 2 aliphatic rings. The van der Waals surface area contributed by atoms with Crippen LogP contribution in [-0.4, -0.2) is 36.5 Å². The third kappa shape index (κ3) is 2.71. The van der Waals surface area contributed by atoms with Crippen molar-refractivity contribution in [2.75, 3.05) is 13.1 Å². The summed E-state index contributed by atoms with van der Waals surface area (Å²) in [7, 11) is 0. The fourth-order valence-corrected chi connectivity index (χ4v) is 2.65. The van der Waals surface area contributed by atoms with Crippen molar-refractivity contribution in [2.24, 2.45) is 11.8 Å². The molecule has 1 heterocycles. The third-order valence-electron chi connectivity index (χ3n) is 4.05. The molecule has 1 saturated carbocycles. The van der Waals surface area contributed by atoms with Gasteiger partial charge >= 0.3 is 0 Å². The molecule has 1 aliphatic carbocycles. The lowest BCUT2D eigenvalue weighted by Crippen LogP contribution is -2.35. The minimum absolute atomic E-state index is 0.0237. The largest absolute Gasteiger partial charge is 0.389 e.